The number of benzene rings is 1. The summed E-state index contributed by atoms with van der Waals surface area (Å²) < 4.78 is 5.38. The first-order valence-electron chi connectivity index (χ1n) is 8.65. The van der Waals surface area contributed by atoms with Gasteiger partial charge in [-0.1, -0.05) is 31.2 Å². The van der Waals surface area contributed by atoms with Crippen LogP contribution in [0.1, 0.15) is 63.7 Å². The molecule has 1 fully saturated rings. The van der Waals surface area contributed by atoms with Crippen LogP contribution in [0.25, 0.3) is 0 Å². The third-order valence-corrected chi connectivity index (χ3v) is 4.76. The van der Waals surface area contributed by atoms with Gasteiger partial charge in [-0.25, -0.2) is 4.79 Å². The van der Waals surface area contributed by atoms with Gasteiger partial charge in [0.2, 0.25) is 5.91 Å². The Kier molecular flexibility index (Phi) is 4.28. The SMILES string of the molecule is CC1CCN([C@@H]2C[C@@H](NC(=O)OC(C)(C)C)c3ccccc32)C1=O. The molecule has 1 aromatic carbocycles. The highest BCUT2D eigenvalue weighted by Gasteiger charge is 2.41. The monoisotopic (exact) mass is 330 g/mol. The second-order valence-electron chi connectivity index (χ2n) is 7.80. The summed E-state index contributed by atoms with van der Waals surface area (Å²) in [5.41, 5.74) is 1.70. The molecule has 1 heterocycles. The lowest BCUT2D eigenvalue weighted by Crippen LogP contribution is -2.35. The summed E-state index contributed by atoms with van der Waals surface area (Å²) in [6.07, 6.45) is 1.20. The van der Waals surface area contributed by atoms with Crippen LogP contribution in [0, 0.1) is 5.92 Å². The van der Waals surface area contributed by atoms with Crippen molar-refractivity contribution in [3.05, 3.63) is 35.4 Å². The Labute approximate surface area is 143 Å². The molecule has 1 unspecified atom stereocenters. The predicted octanol–water partition coefficient (Wildman–Crippen LogP) is 3.57. The zero-order valence-electron chi connectivity index (χ0n) is 14.8. The lowest BCUT2D eigenvalue weighted by molar-refractivity contribution is -0.132. The molecule has 130 valence electrons. The largest absolute Gasteiger partial charge is 0.444 e. The zero-order valence-corrected chi connectivity index (χ0v) is 14.8. The van der Waals surface area contributed by atoms with Crippen LogP contribution in [-0.2, 0) is 9.53 Å². The van der Waals surface area contributed by atoms with Crippen molar-refractivity contribution < 1.29 is 14.3 Å². The number of hydrogen-bond donors (Lipinski definition) is 1. The Hall–Kier alpha value is -2.04. The van der Waals surface area contributed by atoms with Crippen molar-refractivity contribution in [2.24, 2.45) is 5.92 Å². The molecule has 1 saturated heterocycles. The van der Waals surface area contributed by atoms with E-state index in [0.29, 0.717) is 6.42 Å². The van der Waals surface area contributed by atoms with E-state index in [1.165, 1.54) is 0 Å². The highest BCUT2D eigenvalue weighted by molar-refractivity contribution is 5.81. The lowest BCUT2D eigenvalue weighted by Gasteiger charge is -2.26. The predicted molar refractivity (Wildman–Crippen MR) is 91.4 cm³/mol. The maximum Gasteiger partial charge on any atom is 0.408 e. The number of likely N-dealkylation sites (tertiary alicyclic amines) is 1. The molecule has 24 heavy (non-hydrogen) atoms. The maximum atomic E-state index is 12.4. The molecule has 1 aliphatic carbocycles. The zero-order chi connectivity index (χ0) is 17.5. The number of alkyl carbamates (subject to hydrolysis) is 1. The molecule has 3 rings (SSSR count). The molecule has 5 heteroatoms. The number of carbonyl (C=O) groups excluding carboxylic acids is 2. The molecule has 5 nitrogen and oxygen atoms in total. The number of nitrogens with one attached hydrogen (secondary N) is 1. The third kappa shape index (κ3) is 3.25. The fourth-order valence-corrected chi connectivity index (χ4v) is 3.65. The van der Waals surface area contributed by atoms with E-state index >= 15 is 0 Å². The van der Waals surface area contributed by atoms with Crippen LogP contribution in [0.4, 0.5) is 4.79 Å². The normalized spacial score (nSPS) is 26.4. The van der Waals surface area contributed by atoms with Gasteiger partial charge in [-0.05, 0) is 44.7 Å². The standard InChI is InChI=1S/C19H26N2O3/c1-12-9-10-21(17(12)22)16-11-15(13-7-5-6-8-14(13)16)20-18(23)24-19(2,3)4/h5-8,12,15-16H,9-11H2,1-4H3,(H,20,23)/t12?,15-,16-/m1/s1. The summed E-state index contributed by atoms with van der Waals surface area (Å²) in [7, 11) is 0. The van der Waals surface area contributed by atoms with Gasteiger partial charge in [0.1, 0.15) is 5.60 Å². The molecule has 2 amide bonds. The molecule has 0 bridgehead atoms. The molecule has 1 aliphatic heterocycles. The Morgan fingerprint density at radius 3 is 2.50 bits per heavy atom. The average molecular weight is 330 g/mol. The summed E-state index contributed by atoms with van der Waals surface area (Å²) in [6.45, 7) is 8.32. The van der Waals surface area contributed by atoms with Gasteiger partial charge >= 0.3 is 6.09 Å². The van der Waals surface area contributed by atoms with Gasteiger partial charge in [0, 0.05) is 12.5 Å². The first-order valence-corrected chi connectivity index (χ1v) is 8.65. The molecular weight excluding hydrogens is 304 g/mol. The van der Waals surface area contributed by atoms with E-state index in [1.807, 2.05) is 50.8 Å². The number of ether oxygens (including phenoxy) is 1. The van der Waals surface area contributed by atoms with Crippen LogP contribution in [0.5, 0.6) is 0 Å². The molecule has 3 atom stereocenters. The summed E-state index contributed by atoms with van der Waals surface area (Å²) >= 11 is 0. The van der Waals surface area contributed by atoms with Gasteiger partial charge in [-0.3, -0.25) is 4.79 Å². The van der Waals surface area contributed by atoms with E-state index in [9.17, 15) is 9.59 Å². The minimum absolute atomic E-state index is 0.0404. The second-order valence-corrected chi connectivity index (χ2v) is 7.80. The molecule has 0 aromatic heterocycles. The van der Waals surface area contributed by atoms with Crippen molar-refractivity contribution in [2.45, 2.75) is 58.2 Å². The number of hydrogen-bond acceptors (Lipinski definition) is 3. The fraction of sp³-hybridized carbons (Fsp3) is 0.579. The number of amides is 2. The van der Waals surface area contributed by atoms with Crippen molar-refractivity contribution in [2.75, 3.05) is 6.54 Å². The summed E-state index contributed by atoms with van der Waals surface area (Å²) in [5, 5.41) is 2.97. The van der Waals surface area contributed by atoms with Gasteiger partial charge < -0.3 is 15.0 Å². The molecule has 0 radical (unpaired) electrons. The highest BCUT2D eigenvalue weighted by Crippen LogP contribution is 2.44. The number of nitrogens with zero attached hydrogens (tertiary/aromatic N) is 1. The Morgan fingerprint density at radius 1 is 1.25 bits per heavy atom. The van der Waals surface area contributed by atoms with E-state index in [0.717, 1.165) is 24.1 Å². The molecular formula is C19H26N2O3. The molecule has 0 saturated carbocycles. The van der Waals surface area contributed by atoms with Crippen molar-refractivity contribution in [3.8, 4) is 0 Å². The number of rotatable bonds is 2. The first-order chi connectivity index (χ1) is 11.3. The Morgan fingerprint density at radius 2 is 1.92 bits per heavy atom. The van der Waals surface area contributed by atoms with Crippen LogP contribution in [0.15, 0.2) is 24.3 Å². The van der Waals surface area contributed by atoms with Crippen LogP contribution in [0.2, 0.25) is 0 Å². The van der Waals surface area contributed by atoms with Gasteiger partial charge in [-0.15, -0.1) is 0 Å². The van der Waals surface area contributed by atoms with Crippen molar-refractivity contribution >= 4 is 12.0 Å². The van der Waals surface area contributed by atoms with Crippen molar-refractivity contribution in [3.63, 3.8) is 0 Å². The van der Waals surface area contributed by atoms with Crippen molar-refractivity contribution in [1.82, 2.24) is 10.2 Å². The van der Waals surface area contributed by atoms with Crippen LogP contribution in [-0.4, -0.2) is 29.0 Å². The van der Waals surface area contributed by atoms with Gasteiger partial charge in [-0.2, -0.15) is 0 Å². The van der Waals surface area contributed by atoms with E-state index in [-0.39, 0.29) is 23.9 Å². The van der Waals surface area contributed by atoms with E-state index < -0.39 is 11.7 Å². The summed E-state index contributed by atoms with van der Waals surface area (Å²) in [6, 6.07) is 7.97. The van der Waals surface area contributed by atoms with E-state index in [4.69, 9.17) is 4.74 Å². The van der Waals surface area contributed by atoms with Crippen LogP contribution in [0.3, 0.4) is 0 Å². The highest BCUT2D eigenvalue weighted by atomic mass is 16.6. The molecule has 1 N–H and O–H groups in total. The van der Waals surface area contributed by atoms with Gasteiger partial charge in [0.25, 0.3) is 0 Å². The minimum Gasteiger partial charge on any atom is -0.444 e. The first kappa shape index (κ1) is 16.8. The van der Waals surface area contributed by atoms with E-state index in [2.05, 4.69) is 11.4 Å². The Bertz CT molecular complexity index is 650. The summed E-state index contributed by atoms with van der Waals surface area (Å²) in [5.74, 6) is 0.308. The van der Waals surface area contributed by atoms with Crippen molar-refractivity contribution in [1.29, 1.82) is 0 Å². The molecule has 2 aliphatic rings. The third-order valence-electron chi connectivity index (χ3n) is 4.76. The second kappa shape index (κ2) is 6.11. The van der Waals surface area contributed by atoms with Crippen LogP contribution >= 0.6 is 0 Å². The van der Waals surface area contributed by atoms with E-state index in [1.54, 1.807) is 0 Å². The Balaban J connectivity index is 1.79. The molecule has 1 aromatic rings. The maximum absolute atomic E-state index is 12.4. The summed E-state index contributed by atoms with van der Waals surface area (Å²) in [4.78, 5) is 26.6. The fourth-order valence-electron chi connectivity index (χ4n) is 3.65. The minimum atomic E-state index is -0.526. The quantitative estimate of drug-likeness (QED) is 0.902. The van der Waals surface area contributed by atoms with Gasteiger partial charge in [0.15, 0.2) is 0 Å². The number of fused-ring (bicyclic) bond motifs is 1. The smallest absolute Gasteiger partial charge is 0.408 e. The van der Waals surface area contributed by atoms with Crippen LogP contribution < -0.4 is 5.32 Å². The lowest BCUT2D eigenvalue weighted by atomic mass is 10.1. The average Bonchev–Trinajstić information content (AvgIpc) is 2.99. The number of carbonyl (C=O) groups is 2. The molecule has 0 spiro atoms. The topological polar surface area (TPSA) is 58.6 Å². The van der Waals surface area contributed by atoms with Gasteiger partial charge in [0.05, 0.1) is 12.1 Å².